The van der Waals surface area contributed by atoms with E-state index in [1.807, 2.05) is 0 Å². The molecule has 0 saturated heterocycles. The second-order valence-corrected chi connectivity index (χ2v) is 9.62. The van der Waals surface area contributed by atoms with Gasteiger partial charge in [0.2, 0.25) is 0 Å². The number of halogens is 2. The summed E-state index contributed by atoms with van der Waals surface area (Å²) in [6, 6.07) is 10.1. The molecule has 0 aliphatic heterocycles. The topological polar surface area (TPSA) is 94.1 Å². The Labute approximate surface area is 189 Å². The molecular weight excluding hydrogens is 450 g/mol. The van der Waals surface area contributed by atoms with E-state index in [1.54, 1.807) is 43.7 Å². The van der Waals surface area contributed by atoms with Crippen LogP contribution in [0.1, 0.15) is 0 Å². The first-order chi connectivity index (χ1) is 15.7. The van der Waals surface area contributed by atoms with Crippen LogP contribution in [0.3, 0.4) is 0 Å². The fourth-order valence-corrected chi connectivity index (χ4v) is 3.69. The maximum absolute atomic E-state index is 14.5. The molecule has 2 aromatic heterocycles. The van der Waals surface area contributed by atoms with Gasteiger partial charge in [0.25, 0.3) is 0 Å². The van der Waals surface area contributed by atoms with Gasteiger partial charge in [0, 0.05) is 48.3 Å². The molecule has 0 amide bonds. The molecule has 0 unspecified atom stereocenters. The molecule has 10 heteroatoms. The van der Waals surface area contributed by atoms with Crippen molar-refractivity contribution in [3.8, 4) is 28.3 Å². The Hall–Kier alpha value is -3.66. The highest BCUT2D eigenvalue weighted by molar-refractivity contribution is 7.90. The van der Waals surface area contributed by atoms with Crippen LogP contribution in [0.2, 0.25) is 0 Å². The van der Waals surface area contributed by atoms with E-state index in [2.05, 4.69) is 20.3 Å². The number of aromatic nitrogens is 3. The summed E-state index contributed by atoms with van der Waals surface area (Å²) < 4.78 is 56.9. The fourth-order valence-electron chi connectivity index (χ4n) is 3.31. The summed E-state index contributed by atoms with van der Waals surface area (Å²) in [7, 11) is -1.58. The highest BCUT2D eigenvalue weighted by atomic mass is 32.2. The molecule has 0 fully saturated rings. The summed E-state index contributed by atoms with van der Waals surface area (Å²) in [6.07, 6.45) is 4.36. The van der Waals surface area contributed by atoms with Crippen LogP contribution >= 0.6 is 0 Å². The summed E-state index contributed by atoms with van der Waals surface area (Å²) >= 11 is 0. The first-order valence-electron chi connectivity index (χ1n) is 9.95. The van der Waals surface area contributed by atoms with E-state index >= 15 is 0 Å². The zero-order valence-corrected chi connectivity index (χ0v) is 18.7. The zero-order chi connectivity index (χ0) is 23.6. The molecule has 2 aromatic carbocycles. The molecular formula is C23H20F2N4O3S. The molecule has 170 valence electrons. The average molecular weight is 471 g/mol. The lowest BCUT2D eigenvalue weighted by Crippen LogP contribution is -2.12. The van der Waals surface area contributed by atoms with Gasteiger partial charge in [-0.2, -0.15) is 0 Å². The van der Waals surface area contributed by atoms with Gasteiger partial charge < -0.3 is 10.1 Å². The lowest BCUT2D eigenvalue weighted by atomic mass is 10.0. The molecule has 0 aliphatic carbocycles. The minimum atomic E-state index is -3.27. The number of sulfone groups is 1. The minimum absolute atomic E-state index is 0.121. The third-order valence-corrected chi connectivity index (χ3v) is 5.78. The Kier molecular flexibility index (Phi) is 6.19. The third-order valence-electron chi connectivity index (χ3n) is 4.88. The summed E-state index contributed by atoms with van der Waals surface area (Å²) in [5, 5.41) is 3.54. The Bertz CT molecular complexity index is 1430. The van der Waals surface area contributed by atoms with Crippen molar-refractivity contribution in [3.05, 3.63) is 66.5 Å². The molecule has 1 N–H and O–H groups in total. The highest BCUT2D eigenvalue weighted by Crippen LogP contribution is 2.36. The summed E-state index contributed by atoms with van der Waals surface area (Å²) in [5.74, 6) is -0.552. The van der Waals surface area contributed by atoms with Gasteiger partial charge in [-0.15, -0.1) is 0 Å². The first-order valence-corrected chi connectivity index (χ1v) is 12.0. The number of benzene rings is 2. The van der Waals surface area contributed by atoms with Gasteiger partial charge in [0.05, 0.1) is 5.75 Å². The Morgan fingerprint density at radius 2 is 1.88 bits per heavy atom. The number of fused-ring (bicyclic) bond motifs is 1. The molecule has 4 rings (SSSR count). The van der Waals surface area contributed by atoms with Gasteiger partial charge in [-0.1, -0.05) is 0 Å². The summed E-state index contributed by atoms with van der Waals surface area (Å²) in [4.78, 5) is 13.3. The number of hydrogen-bond acceptors (Lipinski definition) is 7. The molecule has 0 spiro atoms. The zero-order valence-electron chi connectivity index (χ0n) is 17.8. The molecule has 2 heterocycles. The van der Waals surface area contributed by atoms with Gasteiger partial charge >= 0.3 is 0 Å². The van der Waals surface area contributed by atoms with E-state index in [9.17, 15) is 17.2 Å². The van der Waals surface area contributed by atoms with Crippen molar-refractivity contribution in [2.75, 3.05) is 31.0 Å². The second-order valence-electron chi connectivity index (χ2n) is 7.36. The molecule has 0 bridgehead atoms. The average Bonchev–Trinajstić information content (AvgIpc) is 2.78. The number of pyridine rings is 1. The fraction of sp³-hybridized carbons (Fsp3) is 0.174. The molecule has 4 aromatic rings. The number of hydrogen-bond donors (Lipinski definition) is 1. The maximum atomic E-state index is 14.5. The molecule has 0 aliphatic rings. The van der Waals surface area contributed by atoms with Gasteiger partial charge in [-0.25, -0.2) is 27.2 Å². The Morgan fingerprint density at radius 1 is 1.06 bits per heavy atom. The molecule has 7 nitrogen and oxygen atoms in total. The SMILES string of the molecule is CNc1nc(-c2cccnc2)nc2c(OCCS(C)(=O)=O)cc(-c3ccc(F)cc3F)cc12. The second kappa shape index (κ2) is 9.07. The predicted octanol–water partition coefficient (Wildman–Crippen LogP) is 4.10. The van der Waals surface area contributed by atoms with Crippen LogP contribution in [0.5, 0.6) is 5.75 Å². The van der Waals surface area contributed by atoms with Gasteiger partial charge in [-0.3, -0.25) is 4.98 Å². The van der Waals surface area contributed by atoms with Crippen molar-refractivity contribution in [1.29, 1.82) is 0 Å². The summed E-state index contributed by atoms with van der Waals surface area (Å²) in [5.41, 5.74) is 1.65. The van der Waals surface area contributed by atoms with Gasteiger partial charge in [-0.05, 0) is 42.0 Å². The van der Waals surface area contributed by atoms with Crippen molar-refractivity contribution in [2.24, 2.45) is 0 Å². The van der Waals surface area contributed by atoms with Crippen molar-refractivity contribution in [3.63, 3.8) is 0 Å². The minimum Gasteiger partial charge on any atom is -0.490 e. The summed E-state index contributed by atoms with van der Waals surface area (Å²) in [6.45, 7) is -0.121. The van der Waals surface area contributed by atoms with Crippen LogP contribution in [0.15, 0.2) is 54.9 Å². The van der Waals surface area contributed by atoms with E-state index in [1.165, 1.54) is 6.07 Å². The van der Waals surface area contributed by atoms with E-state index in [4.69, 9.17) is 4.74 Å². The molecule has 0 radical (unpaired) electrons. The van der Waals surface area contributed by atoms with Crippen LogP contribution in [-0.2, 0) is 9.84 Å². The lowest BCUT2D eigenvalue weighted by molar-refractivity contribution is 0.344. The van der Waals surface area contributed by atoms with Crippen molar-refractivity contribution >= 4 is 26.6 Å². The maximum Gasteiger partial charge on any atom is 0.163 e. The quantitative estimate of drug-likeness (QED) is 0.435. The number of rotatable bonds is 7. The Balaban J connectivity index is 1.93. The lowest BCUT2D eigenvalue weighted by Gasteiger charge is -2.15. The number of ether oxygens (including phenoxy) is 1. The van der Waals surface area contributed by atoms with Crippen molar-refractivity contribution in [1.82, 2.24) is 15.0 Å². The van der Waals surface area contributed by atoms with Crippen LogP contribution in [0.25, 0.3) is 33.4 Å². The Morgan fingerprint density at radius 3 is 2.55 bits per heavy atom. The number of anilines is 1. The molecule has 0 atom stereocenters. The number of nitrogens with one attached hydrogen (secondary N) is 1. The van der Waals surface area contributed by atoms with Gasteiger partial charge in [0.1, 0.15) is 35.3 Å². The normalized spacial score (nSPS) is 11.5. The van der Waals surface area contributed by atoms with E-state index < -0.39 is 21.5 Å². The number of nitrogens with zero attached hydrogens (tertiary/aromatic N) is 3. The predicted molar refractivity (Wildman–Crippen MR) is 123 cm³/mol. The highest BCUT2D eigenvalue weighted by Gasteiger charge is 2.17. The smallest absolute Gasteiger partial charge is 0.163 e. The van der Waals surface area contributed by atoms with E-state index in [0.717, 1.165) is 18.4 Å². The van der Waals surface area contributed by atoms with Crippen LogP contribution in [-0.4, -0.2) is 49.0 Å². The van der Waals surface area contributed by atoms with Crippen LogP contribution in [0, 0.1) is 11.6 Å². The van der Waals surface area contributed by atoms with Gasteiger partial charge in [0.15, 0.2) is 15.7 Å². The van der Waals surface area contributed by atoms with Crippen LogP contribution < -0.4 is 10.1 Å². The monoisotopic (exact) mass is 470 g/mol. The van der Waals surface area contributed by atoms with E-state index in [0.29, 0.717) is 33.7 Å². The largest absolute Gasteiger partial charge is 0.490 e. The van der Waals surface area contributed by atoms with E-state index in [-0.39, 0.29) is 23.7 Å². The molecule has 0 saturated carbocycles. The van der Waals surface area contributed by atoms with Crippen LogP contribution in [0.4, 0.5) is 14.6 Å². The van der Waals surface area contributed by atoms with Crippen molar-refractivity contribution in [2.45, 2.75) is 0 Å². The van der Waals surface area contributed by atoms with Crippen molar-refractivity contribution < 1.29 is 21.9 Å². The molecule has 33 heavy (non-hydrogen) atoms. The standard InChI is InChI=1S/C23H20F2N4O3S/c1-26-23-18-10-15(17-6-5-16(24)12-19(17)25)11-20(32-8-9-33(2,30)31)21(18)28-22(29-23)14-4-3-7-27-13-14/h3-7,10-13H,8-9H2,1-2H3,(H,26,28,29). The third kappa shape index (κ3) is 5.06. The first kappa shape index (κ1) is 22.5.